The van der Waals surface area contributed by atoms with Crippen molar-refractivity contribution in [3.8, 4) is 11.4 Å². The normalized spacial score (nSPS) is 9.87. The summed E-state index contributed by atoms with van der Waals surface area (Å²) in [5.74, 6) is -0.840. The molecule has 2 heterocycles. The van der Waals surface area contributed by atoms with Gasteiger partial charge in [-0.25, -0.2) is 9.37 Å². The number of halogens is 1. The number of nitrogens with zero attached hydrogens (tertiary/aromatic N) is 3. The smallest absolute Gasteiger partial charge is 0.311 e. The highest BCUT2D eigenvalue weighted by atomic mass is 19.1. The Labute approximate surface area is 172 Å². The Morgan fingerprint density at radius 3 is 2.33 bits per heavy atom. The molecule has 0 spiro atoms. The zero-order valence-corrected chi connectivity index (χ0v) is 16.8. The summed E-state index contributed by atoms with van der Waals surface area (Å²) < 4.78 is 18.0. The highest BCUT2D eigenvalue weighted by molar-refractivity contribution is 5.70. The van der Waals surface area contributed by atoms with Crippen LogP contribution in [0.2, 0.25) is 0 Å². The Hall–Kier alpha value is -3.88. The SMILES string of the molecule is CC.CC(=O)OCc1ccc(Nc2nc(-c3ccc(F)cn3)ccc2[N+](=O)[O-])cc1. The van der Waals surface area contributed by atoms with Gasteiger partial charge in [-0.1, -0.05) is 26.0 Å². The molecule has 30 heavy (non-hydrogen) atoms. The lowest BCUT2D eigenvalue weighted by molar-refractivity contribution is -0.384. The third-order valence-electron chi connectivity index (χ3n) is 3.72. The fourth-order valence-electron chi connectivity index (χ4n) is 2.37. The molecule has 1 N–H and O–H groups in total. The van der Waals surface area contributed by atoms with Crippen LogP contribution in [0, 0.1) is 15.9 Å². The molecule has 0 radical (unpaired) electrons. The summed E-state index contributed by atoms with van der Waals surface area (Å²) >= 11 is 0. The Balaban J connectivity index is 0.00000155. The molecule has 0 fully saturated rings. The monoisotopic (exact) mass is 412 g/mol. The second kappa shape index (κ2) is 10.6. The van der Waals surface area contributed by atoms with E-state index in [9.17, 15) is 19.3 Å². The van der Waals surface area contributed by atoms with Gasteiger partial charge in [0.05, 0.1) is 22.5 Å². The number of nitrogens with one attached hydrogen (secondary N) is 1. The predicted molar refractivity (Wildman–Crippen MR) is 111 cm³/mol. The van der Waals surface area contributed by atoms with Gasteiger partial charge in [0.15, 0.2) is 0 Å². The molecule has 2 aromatic heterocycles. The quantitative estimate of drug-likeness (QED) is 0.344. The summed E-state index contributed by atoms with van der Waals surface area (Å²) in [6.45, 7) is 5.46. The average Bonchev–Trinajstić information content (AvgIpc) is 2.75. The Bertz CT molecular complexity index is 1010. The average molecular weight is 412 g/mol. The van der Waals surface area contributed by atoms with Gasteiger partial charge in [0.25, 0.3) is 0 Å². The molecular formula is C21H21FN4O4. The van der Waals surface area contributed by atoms with Gasteiger partial charge >= 0.3 is 11.7 Å². The maximum Gasteiger partial charge on any atom is 0.311 e. The lowest BCUT2D eigenvalue weighted by Gasteiger charge is -2.09. The predicted octanol–water partition coefficient (Wildman–Crippen LogP) is 5.02. The first kappa shape index (κ1) is 22.4. The summed E-state index contributed by atoms with van der Waals surface area (Å²) in [5.41, 5.74) is 1.87. The molecule has 9 heteroatoms. The van der Waals surface area contributed by atoms with Gasteiger partial charge < -0.3 is 10.1 Å². The van der Waals surface area contributed by atoms with Gasteiger partial charge in [-0.2, -0.15) is 0 Å². The van der Waals surface area contributed by atoms with E-state index in [1.165, 1.54) is 31.2 Å². The van der Waals surface area contributed by atoms with Gasteiger partial charge in [-0.15, -0.1) is 0 Å². The molecule has 8 nitrogen and oxygen atoms in total. The summed E-state index contributed by atoms with van der Waals surface area (Å²) in [5, 5.41) is 14.2. The standard InChI is InChI=1S/C19H15FN4O4.C2H6/c1-12(25)28-11-13-2-5-15(6-3-13)22-19-18(24(26)27)9-8-17(23-19)16-7-4-14(20)10-21-16;1-2/h2-10H,11H2,1H3,(H,22,23);1-2H3. The number of hydrogen-bond acceptors (Lipinski definition) is 7. The number of carbonyl (C=O) groups is 1. The van der Waals surface area contributed by atoms with Crippen molar-refractivity contribution < 1.29 is 18.8 Å². The zero-order valence-electron chi connectivity index (χ0n) is 16.8. The molecule has 0 atom stereocenters. The molecule has 0 aliphatic carbocycles. The molecule has 1 aromatic carbocycles. The molecule has 0 bridgehead atoms. The van der Waals surface area contributed by atoms with Crippen LogP contribution in [0.5, 0.6) is 0 Å². The van der Waals surface area contributed by atoms with Crippen molar-refractivity contribution in [1.29, 1.82) is 0 Å². The summed E-state index contributed by atoms with van der Waals surface area (Å²) in [6, 6.07) is 12.3. The Morgan fingerprint density at radius 2 is 1.77 bits per heavy atom. The second-order valence-electron chi connectivity index (χ2n) is 5.79. The van der Waals surface area contributed by atoms with E-state index in [1.54, 1.807) is 24.3 Å². The zero-order chi connectivity index (χ0) is 22.1. The fraction of sp³-hybridized carbons (Fsp3) is 0.190. The van der Waals surface area contributed by atoms with E-state index in [1.807, 2.05) is 13.8 Å². The topological polar surface area (TPSA) is 107 Å². The number of anilines is 2. The van der Waals surface area contributed by atoms with Gasteiger partial charge in [0, 0.05) is 18.7 Å². The van der Waals surface area contributed by atoms with Crippen LogP contribution < -0.4 is 5.32 Å². The van der Waals surface area contributed by atoms with E-state index >= 15 is 0 Å². The van der Waals surface area contributed by atoms with Crippen LogP contribution in [-0.2, 0) is 16.1 Å². The number of rotatable bonds is 6. The lowest BCUT2D eigenvalue weighted by atomic mass is 10.2. The van der Waals surface area contributed by atoms with Crippen LogP contribution in [0.1, 0.15) is 26.3 Å². The van der Waals surface area contributed by atoms with Crippen LogP contribution in [0.25, 0.3) is 11.4 Å². The number of nitro groups is 1. The first-order valence-electron chi connectivity index (χ1n) is 9.19. The first-order valence-corrected chi connectivity index (χ1v) is 9.19. The summed E-state index contributed by atoms with van der Waals surface area (Å²) in [7, 11) is 0. The lowest BCUT2D eigenvalue weighted by Crippen LogP contribution is -2.02. The summed E-state index contributed by atoms with van der Waals surface area (Å²) in [6.07, 6.45) is 1.05. The Kier molecular flexibility index (Phi) is 7.92. The van der Waals surface area contributed by atoms with Crippen molar-refractivity contribution in [2.45, 2.75) is 27.4 Å². The van der Waals surface area contributed by atoms with Crippen molar-refractivity contribution in [1.82, 2.24) is 9.97 Å². The highest BCUT2D eigenvalue weighted by Crippen LogP contribution is 2.29. The first-order chi connectivity index (χ1) is 14.4. The maximum absolute atomic E-state index is 13.1. The van der Waals surface area contributed by atoms with Crippen LogP contribution >= 0.6 is 0 Å². The third-order valence-corrected chi connectivity index (χ3v) is 3.72. The van der Waals surface area contributed by atoms with Gasteiger partial charge in [0.1, 0.15) is 12.4 Å². The van der Waals surface area contributed by atoms with E-state index in [4.69, 9.17) is 4.74 Å². The molecule has 0 aliphatic rings. The summed E-state index contributed by atoms with van der Waals surface area (Å²) in [4.78, 5) is 29.8. The van der Waals surface area contributed by atoms with Gasteiger partial charge in [-0.05, 0) is 35.9 Å². The number of hydrogen-bond donors (Lipinski definition) is 1. The van der Waals surface area contributed by atoms with E-state index in [2.05, 4.69) is 15.3 Å². The molecule has 0 unspecified atom stereocenters. The van der Waals surface area contributed by atoms with Crippen LogP contribution in [0.15, 0.2) is 54.7 Å². The van der Waals surface area contributed by atoms with Crippen molar-refractivity contribution in [3.05, 3.63) is 76.2 Å². The molecular weight excluding hydrogens is 391 g/mol. The van der Waals surface area contributed by atoms with Crippen LogP contribution in [0.3, 0.4) is 0 Å². The number of esters is 1. The van der Waals surface area contributed by atoms with Crippen molar-refractivity contribution in [2.24, 2.45) is 0 Å². The molecule has 3 rings (SSSR count). The van der Waals surface area contributed by atoms with Crippen molar-refractivity contribution >= 4 is 23.2 Å². The number of pyridine rings is 2. The molecule has 0 saturated carbocycles. The van der Waals surface area contributed by atoms with Gasteiger partial charge in [-0.3, -0.25) is 19.9 Å². The van der Waals surface area contributed by atoms with E-state index in [-0.39, 0.29) is 24.1 Å². The number of carbonyl (C=O) groups excluding carboxylic acids is 1. The molecule has 0 aliphatic heterocycles. The number of ether oxygens (including phenoxy) is 1. The second-order valence-corrected chi connectivity index (χ2v) is 5.79. The van der Waals surface area contributed by atoms with E-state index in [0.29, 0.717) is 17.1 Å². The minimum atomic E-state index is -0.549. The maximum atomic E-state index is 13.1. The fourth-order valence-corrected chi connectivity index (χ4v) is 2.37. The van der Waals surface area contributed by atoms with Crippen molar-refractivity contribution in [2.75, 3.05) is 5.32 Å². The largest absolute Gasteiger partial charge is 0.461 e. The number of benzene rings is 1. The molecule has 156 valence electrons. The van der Waals surface area contributed by atoms with Gasteiger partial charge in [0.2, 0.25) is 5.82 Å². The molecule has 3 aromatic rings. The van der Waals surface area contributed by atoms with Crippen LogP contribution in [-0.4, -0.2) is 20.9 Å². The molecule has 0 saturated heterocycles. The minimum Gasteiger partial charge on any atom is -0.461 e. The number of aromatic nitrogens is 2. The Morgan fingerprint density at radius 1 is 1.10 bits per heavy atom. The van der Waals surface area contributed by atoms with Crippen LogP contribution in [0.4, 0.5) is 21.6 Å². The highest BCUT2D eigenvalue weighted by Gasteiger charge is 2.17. The van der Waals surface area contributed by atoms with E-state index in [0.717, 1.165) is 11.8 Å². The third kappa shape index (κ3) is 6.06. The van der Waals surface area contributed by atoms with Crippen molar-refractivity contribution in [3.63, 3.8) is 0 Å². The molecule has 0 amide bonds. The van der Waals surface area contributed by atoms with E-state index < -0.39 is 10.7 Å². The minimum absolute atomic E-state index is 0.0290.